The molecule has 1 aliphatic carbocycles. The summed E-state index contributed by atoms with van der Waals surface area (Å²) >= 11 is 3.21. The van der Waals surface area contributed by atoms with E-state index in [4.69, 9.17) is 0 Å². The van der Waals surface area contributed by atoms with Crippen LogP contribution in [-0.2, 0) is 0 Å². The number of hydrogen-bond acceptors (Lipinski definition) is 5. The fraction of sp³-hybridized carbons (Fsp3) is 0.250. The van der Waals surface area contributed by atoms with Crippen LogP contribution in [0.4, 0.5) is 0 Å². The van der Waals surface area contributed by atoms with Gasteiger partial charge in [-0.3, -0.25) is 0 Å². The van der Waals surface area contributed by atoms with Gasteiger partial charge in [-0.05, 0) is 24.3 Å². The molecule has 0 radical (unpaired) electrons. The molecule has 1 fully saturated rings. The number of hydrogen-bond donors (Lipinski definition) is 0. The second-order valence-electron chi connectivity index (χ2n) is 4.31. The van der Waals surface area contributed by atoms with Gasteiger partial charge in [0.05, 0.1) is 4.88 Å². The third kappa shape index (κ3) is 1.41. The highest BCUT2D eigenvalue weighted by molar-refractivity contribution is 7.17. The molecule has 3 heterocycles. The number of nitriles is 1. The number of rotatable bonds is 2. The Labute approximate surface area is 111 Å². The maximum Gasteiger partial charge on any atom is 0.214 e. The average molecular weight is 272 g/mol. The fourth-order valence-corrected chi connectivity index (χ4v) is 3.73. The second-order valence-corrected chi connectivity index (χ2v) is 6.24. The molecule has 1 saturated carbocycles. The summed E-state index contributed by atoms with van der Waals surface area (Å²) in [5.74, 6) is 0.605. The van der Waals surface area contributed by atoms with Crippen LogP contribution in [0.3, 0.4) is 0 Å². The van der Waals surface area contributed by atoms with Gasteiger partial charge in [0.1, 0.15) is 16.8 Å². The van der Waals surface area contributed by atoms with Gasteiger partial charge in [-0.15, -0.1) is 11.3 Å². The first-order valence-corrected chi connectivity index (χ1v) is 7.40. The third-order valence-electron chi connectivity index (χ3n) is 3.01. The monoisotopic (exact) mass is 272 g/mol. The number of thiophene rings is 1. The van der Waals surface area contributed by atoms with Crippen LogP contribution in [-0.4, -0.2) is 14.6 Å². The van der Waals surface area contributed by atoms with Crippen molar-refractivity contribution in [2.45, 2.75) is 18.8 Å². The van der Waals surface area contributed by atoms with Crippen molar-refractivity contribution in [2.24, 2.45) is 0 Å². The summed E-state index contributed by atoms with van der Waals surface area (Å²) < 4.78 is 1.70. The molecule has 0 saturated heterocycles. The van der Waals surface area contributed by atoms with Crippen molar-refractivity contribution in [1.29, 1.82) is 5.26 Å². The molecule has 4 nitrogen and oxygen atoms in total. The smallest absolute Gasteiger partial charge is 0.214 e. The lowest BCUT2D eigenvalue weighted by Gasteiger charge is -1.91. The Morgan fingerprint density at radius 3 is 3.00 bits per heavy atom. The molecule has 1 aliphatic rings. The van der Waals surface area contributed by atoms with Crippen molar-refractivity contribution < 1.29 is 0 Å². The molecule has 0 aromatic carbocycles. The third-order valence-corrected chi connectivity index (χ3v) is 4.95. The van der Waals surface area contributed by atoms with E-state index < -0.39 is 0 Å². The van der Waals surface area contributed by atoms with E-state index in [2.05, 4.69) is 16.2 Å². The van der Waals surface area contributed by atoms with Crippen LogP contribution in [0.2, 0.25) is 0 Å². The van der Waals surface area contributed by atoms with E-state index in [-0.39, 0.29) is 0 Å². The van der Waals surface area contributed by atoms with Crippen molar-refractivity contribution in [1.82, 2.24) is 14.6 Å². The minimum atomic E-state index is 0.551. The predicted molar refractivity (Wildman–Crippen MR) is 70.9 cm³/mol. The minimum Gasteiger partial charge on any atom is -0.215 e. The number of aromatic nitrogens is 3. The molecule has 3 aromatic heterocycles. The van der Waals surface area contributed by atoms with Gasteiger partial charge in [-0.2, -0.15) is 14.9 Å². The molecular formula is C12H8N4S2. The molecule has 0 unspecified atom stereocenters. The zero-order valence-corrected chi connectivity index (χ0v) is 11.0. The molecule has 88 valence electrons. The van der Waals surface area contributed by atoms with E-state index in [0.717, 1.165) is 20.5 Å². The lowest BCUT2D eigenvalue weighted by molar-refractivity contribution is 0.894. The molecule has 18 heavy (non-hydrogen) atoms. The van der Waals surface area contributed by atoms with Gasteiger partial charge < -0.3 is 0 Å². The van der Waals surface area contributed by atoms with E-state index in [1.54, 1.807) is 27.2 Å². The standard InChI is InChI=1S/C12H8N4S2/c13-6-8-10(9-2-1-5-17-9)14-12-16(8)15-11(18-12)7-3-4-7/h1-2,5,7H,3-4H2. The van der Waals surface area contributed by atoms with Crippen molar-refractivity contribution >= 4 is 27.6 Å². The Morgan fingerprint density at radius 1 is 1.44 bits per heavy atom. The first-order chi connectivity index (χ1) is 8.86. The van der Waals surface area contributed by atoms with Gasteiger partial charge >= 0.3 is 0 Å². The molecule has 6 heteroatoms. The Bertz CT molecular complexity index is 756. The van der Waals surface area contributed by atoms with Crippen LogP contribution in [0.15, 0.2) is 17.5 Å². The van der Waals surface area contributed by atoms with E-state index in [9.17, 15) is 5.26 Å². The summed E-state index contributed by atoms with van der Waals surface area (Å²) in [6.45, 7) is 0. The van der Waals surface area contributed by atoms with Crippen molar-refractivity contribution in [3.05, 3.63) is 28.2 Å². The van der Waals surface area contributed by atoms with Crippen LogP contribution < -0.4 is 0 Å². The van der Waals surface area contributed by atoms with Crippen LogP contribution in [0.5, 0.6) is 0 Å². The quantitative estimate of drug-likeness (QED) is 0.719. The van der Waals surface area contributed by atoms with E-state index in [1.807, 2.05) is 17.5 Å². The van der Waals surface area contributed by atoms with Crippen molar-refractivity contribution in [3.63, 3.8) is 0 Å². The number of nitrogens with zero attached hydrogens (tertiary/aromatic N) is 4. The van der Waals surface area contributed by atoms with Gasteiger partial charge in [0.15, 0.2) is 5.69 Å². The SMILES string of the molecule is N#Cc1c(-c2cccs2)nc2sc(C3CC3)nn12. The molecular weight excluding hydrogens is 264 g/mol. The van der Waals surface area contributed by atoms with Gasteiger partial charge in [-0.1, -0.05) is 17.4 Å². The first-order valence-electron chi connectivity index (χ1n) is 5.70. The molecule has 0 atom stereocenters. The lowest BCUT2D eigenvalue weighted by atomic mass is 10.3. The highest BCUT2D eigenvalue weighted by Crippen LogP contribution is 2.42. The molecule has 0 aliphatic heterocycles. The lowest BCUT2D eigenvalue weighted by Crippen LogP contribution is -1.91. The van der Waals surface area contributed by atoms with Gasteiger partial charge in [0.25, 0.3) is 0 Å². The summed E-state index contributed by atoms with van der Waals surface area (Å²) in [5.41, 5.74) is 1.31. The summed E-state index contributed by atoms with van der Waals surface area (Å²) in [4.78, 5) is 6.42. The predicted octanol–water partition coefficient (Wildman–Crippen LogP) is 3.27. The normalized spacial score (nSPS) is 15.1. The van der Waals surface area contributed by atoms with Crippen molar-refractivity contribution in [2.75, 3.05) is 0 Å². The maximum atomic E-state index is 9.33. The van der Waals surface area contributed by atoms with E-state index >= 15 is 0 Å². The molecule has 3 aromatic rings. The van der Waals surface area contributed by atoms with Gasteiger partial charge in [0, 0.05) is 5.92 Å². The summed E-state index contributed by atoms with van der Waals surface area (Å²) in [7, 11) is 0. The van der Waals surface area contributed by atoms with Gasteiger partial charge in [-0.25, -0.2) is 4.98 Å². The largest absolute Gasteiger partial charge is 0.215 e. The van der Waals surface area contributed by atoms with Crippen molar-refractivity contribution in [3.8, 4) is 16.6 Å². The van der Waals surface area contributed by atoms with Crippen LogP contribution in [0, 0.1) is 11.3 Å². The summed E-state index contributed by atoms with van der Waals surface area (Å²) in [6, 6.07) is 6.19. The Balaban J connectivity index is 1.94. The molecule has 0 bridgehead atoms. The summed E-state index contributed by atoms with van der Waals surface area (Å²) in [6.07, 6.45) is 2.44. The fourth-order valence-electron chi connectivity index (χ4n) is 1.94. The van der Waals surface area contributed by atoms with E-state index in [0.29, 0.717) is 11.6 Å². The zero-order chi connectivity index (χ0) is 12.1. The average Bonchev–Trinajstić information content (AvgIpc) is 2.83. The Kier molecular flexibility index (Phi) is 2.07. The zero-order valence-electron chi connectivity index (χ0n) is 9.33. The summed E-state index contributed by atoms with van der Waals surface area (Å²) in [5, 5.41) is 17.0. The number of imidazole rings is 1. The second kappa shape index (κ2) is 3.64. The number of fused-ring (bicyclic) bond motifs is 1. The Morgan fingerprint density at radius 2 is 2.33 bits per heavy atom. The maximum absolute atomic E-state index is 9.33. The van der Waals surface area contributed by atoms with Crippen LogP contribution >= 0.6 is 22.7 Å². The Hall–Kier alpha value is -1.71. The topological polar surface area (TPSA) is 54.0 Å². The molecule has 0 spiro atoms. The molecule has 0 N–H and O–H groups in total. The highest BCUT2D eigenvalue weighted by atomic mass is 32.1. The van der Waals surface area contributed by atoms with Crippen LogP contribution in [0.25, 0.3) is 15.5 Å². The minimum absolute atomic E-state index is 0.551. The van der Waals surface area contributed by atoms with Crippen LogP contribution in [0.1, 0.15) is 29.5 Å². The molecule has 0 amide bonds. The van der Waals surface area contributed by atoms with Gasteiger partial charge in [0.2, 0.25) is 4.96 Å². The first kappa shape index (κ1) is 10.2. The van der Waals surface area contributed by atoms with E-state index in [1.165, 1.54) is 12.8 Å². The highest BCUT2D eigenvalue weighted by Gasteiger charge is 2.29. The molecule has 4 rings (SSSR count).